The van der Waals surface area contributed by atoms with Crippen molar-refractivity contribution < 1.29 is 14.3 Å². The molecule has 0 aliphatic carbocycles. The predicted molar refractivity (Wildman–Crippen MR) is 79.4 cm³/mol. The summed E-state index contributed by atoms with van der Waals surface area (Å²) in [6.45, 7) is 3.30. The number of aryl methyl sites for hydroxylation is 1. The molecule has 21 heavy (non-hydrogen) atoms. The van der Waals surface area contributed by atoms with Gasteiger partial charge in [0.1, 0.15) is 6.04 Å². The number of hydrogen-bond donors (Lipinski definition) is 1. The number of esters is 1. The van der Waals surface area contributed by atoms with Crippen molar-refractivity contribution in [3.63, 3.8) is 0 Å². The van der Waals surface area contributed by atoms with Crippen LogP contribution in [0, 0.1) is 6.92 Å². The van der Waals surface area contributed by atoms with E-state index >= 15 is 0 Å². The van der Waals surface area contributed by atoms with Crippen LogP contribution in [0.4, 0.5) is 0 Å². The van der Waals surface area contributed by atoms with E-state index in [9.17, 15) is 9.59 Å². The molecule has 1 unspecified atom stereocenters. The van der Waals surface area contributed by atoms with Crippen LogP contribution in [0.3, 0.4) is 0 Å². The fourth-order valence-electron chi connectivity index (χ4n) is 2.73. The van der Waals surface area contributed by atoms with Gasteiger partial charge < -0.3 is 10.5 Å². The number of nitrogens with zero attached hydrogens (tertiary/aromatic N) is 1. The molecular weight excluding hydrogens is 268 g/mol. The van der Waals surface area contributed by atoms with Gasteiger partial charge in [-0.3, -0.25) is 14.5 Å². The average molecular weight is 290 g/mol. The van der Waals surface area contributed by atoms with Gasteiger partial charge in [-0.25, -0.2) is 0 Å². The Morgan fingerprint density at radius 3 is 2.90 bits per heavy atom. The molecule has 1 aliphatic rings. The molecule has 0 bridgehead atoms. The number of amides is 1. The summed E-state index contributed by atoms with van der Waals surface area (Å²) in [6.07, 6.45) is 2.84. The van der Waals surface area contributed by atoms with Crippen LogP contribution >= 0.6 is 0 Å². The van der Waals surface area contributed by atoms with E-state index in [0.717, 1.165) is 32.4 Å². The number of benzene rings is 1. The summed E-state index contributed by atoms with van der Waals surface area (Å²) in [5.41, 5.74) is 7.41. The normalized spacial score (nSPS) is 19.2. The van der Waals surface area contributed by atoms with Crippen LogP contribution in [-0.4, -0.2) is 36.0 Å². The highest BCUT2D eigenvalue weighted by Crippen LogP contribution is 2.21. The largest absolute Gasteiger partial charge is 0.454 e. The first-order valence-electron chi connectivity index (χ1n) is 7.31. The van der Waals surface area contributed by atoms with Crippen LogP contribution < -0.4 is 5.73 Å². The van der Waals surface area contributed by atoms with E-state index < -0.39 is 5.91 Å². The van der Waals surface area contributed by atoms with Gasteiger partial charge in [-0.2, -0.15) is 0 Å². The second-order valence-corrected chi connectivity index (χ2v) is 5.55. The lowest BCUT2D eigenvalue weighted by atomic mass is 10.0. The van der Waals surface area contributed by atoms with E-state index in [2.05, 4.69) is 30.0 Å². The minimum absolute atomic E-state index is 0.279. The molecule has 0 radical (unpaired) electrons. The monoisotopic (exact) mass is 290 g/mol. The summed E-state index contributed by atoms with van der Waals surface area (Å²) in [6, 6.07) is 7.99. The van der Waals surface area contributed by atoms with Crippen LogP contribution in [0.5, 0.6) is 0 Å². The fourth-order valence-corrected chi connectivity index (χ4v) is 2.73. The first-order valence-corrected chi connectivity index (χ1v) is 7.31. The van der Waals surface area contributed by atoms with Crippen molar-refractivity contribution in [2.24, 2.45) is 5.73 Å². The third kappa shape index (κ3) is 4.56. The number of carbonyl (C=O) groups is 2. The smallest absolute Gasteiger partial charge is 0.323 e. The van der Waals surface area contributed by atoms with E-state index in [-0.39, 0.29) is 18.6 Å². The molecule has 5 nitrogen and oxygen atoms in total. The summed E-state index contributed by atoms with van der Waals surface area (Å²) >= 11 is 0. The van der Waals surface area contributed by atoms with Gasteiger partial charge in [0.2, 0.25) is 0 Å². The van der Waals surface area contributed by atoms with Crippen molar-refractivity contribution >= 4 is 11.9 Å². The number of hydrogen-bond acceptors (Lipinski definition) is 4. The van der Waals surface area contributed by atoms with Gasteiger partial charge in [0.15, 0.2) is 6.61 Å². The molecule has 1 atom stereocenters. The Balaban J connectivity index is 2.01. The zero-order valence-electron chi connectivity index (χ0n) is 12.4. The molecule has 1 aromatic rings. The van der Waals surface area contributed by atoms with Gasteiger partial charge in [0, 0.05) is 6.54 Å². The zero-order chi connectivity index (χ0) is 15.2. The Hall–Kier alpha value is -1.88. The van der Waals surface area contributed by atoms with Crippen LogP contribution in [0.1, 0.15) is 30.4 Å². The highest BCUT2D eigenvalue weighted by atomic mass is 16.5. The summed E-state index contributed by atoms with van der Waals surface area (Å²) in [5, 5.41) is 0. The molecule has 5 heteroatoms. The number of primary amides is 1. The maximum atomic E-state index is 12.1. The highest BCUT2D eigenvalue weighted by Gasteiger charge is 2.30. The molecule has 0 spiro atoms. The van der Waals surface area contributed by atoms with E-state index in [1.807, 2.05) is 6.07 Å². The molecule has 1 heterocycles. The summed E-state index contributed by atoms with van der Waals surface area (Å²) in [5.74, 6) is -0.967. The molecule has 2 rings (SSSR count). The Kier molecular flexibility index (Phi) is 5.33. The fraction of sp³-hybridized carbons (Fsp3) is 0.500. The average Bonchev–Trinajstić information content (AvgIpc) is 2.45. The molecule has 1 amide bonds. The quantitative estimate of drug-likeness (QED) is 0.831. The molecule has 1 aliphatic heterocycles. The number of carbonyl (C=O) groups excluding carboxylic acids is 2. The Morgan fingerprint density at radius 2 is 2.19 bits per heavy atom. The van der Waals surface area contributed by atoms with Gasteiger partial charge in [0.25, 0.3) is 5.91 Å². The third-order valence-corrected chi connectivity index (χ3v) is 3.71. The Bertz CT molecular complexity index is 516. The SMILES string of the molecule is Cc1cccc(CN2CCCCC2C(=O)OCC(N)=O)c1. The van der Waals surface area contributed by atoms with Crippen molar-refractivity contribution in [1.82, 2.24) is 4.90 Å². The molecule has 0 saturated carbocycles. The van der Waals surface area contributed by atoms with Crippen LogP contribution in [0.2, 0.25) is 0 Å². The zero-order valence-corrected chi connectivity index (χ0v) is 12.4. The van der Waals surface area contributed by atoms with E-state index in [1.165, 1.54) is 11.1 Å². The number of nitrogens with two attached hydrogens (primary N) is 1. The van der Waals surface area contributed by atoms with E-state index in [0.29, 0.717) is 0 Å². The lowest BCUT2D eigenvalue weighted by Crippen LogP contribution is -2.45. The lowest BCUT2D eigenvalue weighted by molar-refractivity contribution is -0.154. The van der Waals surface area contributed by atoms with Gasteiger partial charge in [-0.1, -0.05) is 36.2 Å². The summed E-state index contributed by atoms with van der Waals surface area (Å²) in [7, 11) is 0. The maximum absolute atomic E-state index is 12.1. The summed E-state index contributed by atoms with van der Waals surface area (Å²) < 4.78 is 4.98. The van der Waals surface area contributed by atoms with Gasteiger partial charge in [0.05, 0.1) is 0 Å². The van der Waals surface area contributed by atoms with Crippen LogP contribution in [-0.2, 0) is 20.9 Å². The van der Waals surface area contributed by atoms with Crippen molar-refractivity contribution in [3.05, 3.63) is 35.4 Å². The minimum Gasteiger partial charge on any atom is -0.454 e. The van der Waals surface area contributed by atoms with Gasteiger partial charge in [-0.05, 0) is 31.9 Å². The number of likely N-dealkylation sites (tertiary alicyclic amines) is 1. The Morgan fingerprint density at radius 1 is 1.38 bits per heavy atom. The van der Waals surface area contributed by atoms with Crippen molar-refractivity contribution in [2.45, 2.75) is 38.8 Å². The topological polar surface area (TPSA) is 72.6 Å². The van der Waals surface area contributed by atoms with Crippen LogP contribution in [0.15, 0.2) is 24.3 Å². The molecule has 114 valence electrons. The molecule has 0 aromatic heterocycles. The molecule has 2 N–H and O–H groups in total. The van der Waals surface area contributed by atoms with Gasteiger partial charge in [-0.15, -0.1) is 0 Å². The summed E-state index contributed by atoms with van der Waals surface area (Å²) in [4.78, 5) is 25.0. The highest BCUT2D eigenvalue weighted by molar-refractivity contribution is 5.81. The second-order valence-electron chi connectivity index (χ2n) is 5.55. The Labute approximate surface area is 125 Å². The maximum Gasteiger partial charge on any atom is 0.323 e. The minimum atomic E-state index is -0.621. The van der Waals surface area contributed by atoms with Crippen molar-refractivity contribution in [3.8, 4) is 0 Å². The standard InChI is InChI=1S/C16H22N2O3/c1-12-5-4-6-13(9-12)10-18-8-3-2-7-14(18)16(20)21-11-15(17)19/h4-6,9,14H,2-3,7-8,10-11H2,1H3,(H2,17,19). The lowest BCUT2D eigenvalue weighted by Gasteiger charge is -2.34. The third-order valence-electron chi connectivity index (χ3n) is 3.71. The molecule has 1 fully saturated rings. The molecule has 1 aromatic carbocycles. The van der Waals surface area contributed by atoms with Crippen molar-refractivity contribution in [2.75, 3.05) is 13.2 Å². The second kappa shape index (κ2) is 7.22. The first-order chi connectivity index (χ1) is 10.1. The van der Waals surface area contributed by atoms with Crippen LogP contribution in [0.25, 0.3) is 0 Å². The van der Waals surface area contributed by atoms with E-state index in [1.54, 1.807) is 0 Å². The number of rotatable bonds is 5. The van der Waals surface area contributed by atoms with E-state index in [4.69, 9.17) is 10.5 Å². The number of ether oxygens (including phenoxy) is 1. The predicted octanol–water partition coefficient (Wildman–Crippen LogP) is 1.38. The molecule has 1 saturated heterocycles. The van der Waals surface area contributed by atoms with Crippen molar-refractivity contribution in [1.29, 1.82) is 0 Å². The number of piperidine rings is 1. The molecular formula is C16H22N2O3. The first kappa shape index (κ1) is 15.5. The van der Waals surface area contributed by atoms with Gasteiger partial charge >= 0.3 is 5.97 Å².